The van der Waals surface area contributed by atoms with Crippen LogP contribution in [0.1, 0.15) is 5.56 Å². The van der Waals surface area contributed by atoms with Crippen LogP contribution in [0.15, 0.2) is 158 Å². The maximum atomic E-state index is 13.2. The number of rotatable bonds is 7. The molecule has 0 saturated heterocycles. The van der Waals surface area contributed by atoms with Crippen LogP contribution in [0.2, 0.25) is 0 Å². The molecule has 2 heterocycles. The standard InChI is InChI=1S/C43H29F3N2O3S/c1-28-22-31(24-33(23-28)51-52(49,50)43(44,45)46)34-16-8-9-17-35(34)39-27-47-40(29-12-4-2-5-13-29)26-37(39)30-20-21-42-38(25-30)36-18-10-11-19-41(36)48(42)32-14-6-3-7-15-32/h2-27H,1H3. The topological polar surface area (TPSA) is 61.2 Å². The van der Waals surface area contributed by atoms with E-state index in [9.17, 15) is 21.6 Å². The van der Waals surface area contributed by atoms with Crippen LogP contribution in [0.5, 0.6) is 5.75 Å². The Kier molecular flexibility index (Phi) is 8.15. The molecule has 0 atom stereocenters. The summed E-state index contributed by atoms with van der Waals surface area (Å²) in [6.45, 7) is 1.67. The minimum Gasteiger partial charge on any atom is -0.376 e. The summed E-state index contributed by atoms with van der Waals surface area (Å²) in [5.74, 6) is -0.430. The Morgan fingerprint density at radius 1 is 0.577 bits per heavy atom. The maximum absolute atomic E-state index is 13.2. The van der Waals surface area contributed by atoms with E-state index in [1.54, 1.807) is 13.0 Å². The summed E-state index contributed by atoms with van der Waals surface area (Å²) in [6.07, 6.45) is 1.81. The second-order valence-electron chi connectivity index (χ2n) is 12.5. The zero-order chi connectivity index (χ0) is 36.0. The fourth-order valence-electron chi connectivity index (χ4n) is 6.77. The third kappa shape index (κ3) is 5.99. The van der Waals surface area contributed by atoms with Gasteiger partial charge in [-0.2, -0.15) is 21.6 Å². The summed E-state index contributed by atoms with van der Waals surface area (Å²) in [6, 6.07) is 48.7. The molecule has 0 radical (unpaired) electrons. The van der Waals surface area contributed by atoms with E-state index in [-0.39, 0.29) is 0 Å². The lowest BCUT2D eigenvalue weighted by Crippen LogP contribution is -2.28. The Hall–Kier alpha value is -6.19. The fourth-order valence-corrected chi connectivity index (χ4v) is 7.21. The van der Waals surface area contributed by atoms with E-state index in [2.05, 4.69) is 57.3 Å². The van der Waals surface area contributed by atoms with Crippen molar-refractivity contribution < 1.29 is 25.8 Å². The molecule has 0 aliphatic carbocycles. The van der Waals surface area contributed by atoms with Crippen molar-refractivity contribution in [1.82, 2.24) is 9.55 Å². The van der Waals surface area contributed by atoms with E-state index in [1.807, 2.05) is 91.1 Å². The molecule has 8 aromatic rings. The van der Waals surface area contributed by atoms with Gasteiger partial charge >= 0.3 is 15.6 Å². The van der Waals surface area contributed by atoms with Crippen molar-refractivity contribution in [2.75, 3.05) is 0 Å². The molecule has 0 aliphatic heterocycles. The number of hydrogen-bond acceptors (Lipinski definition) is 4. The normalized spacial score (nSPS) is 12.0. The maximum Gasteiger partial charge on any atom is 0.534 e. The Morgan fingerprint density at radius 3 is 1.98 bits per heavy atom. The largest absolute Gasteiger partial charge is 0.534 e. The summed E-state index contributed by atoms with van der Waals surface area (Å²) in [5.41, 5.74) is 4.39. The van der Waals surface area contributed by atoms with E-state index in [1.165, 1.54) is 12.1 Å². The summed E-state index contributed by atoms with van der Waals surface area (Å²) in [5, 5.41) is 2.17. The van der Waals surface area contributed by atoms with E-state index < -0.39 is 21.4 Å². The van der Waals surface area contributed by atoms with E-state index in [4.69, 9.17) is 4.98 Å². The van der Waals surface area contributed by atoms with Crippen molar-refractivity contribution in [3.8, 4) is 56.1 Å². The van der Waals surface area contributed by atoms with E-state index in [0.29, 0.717) is 16.7 Å². The Balaban J connectivity index is 1.34. The van der Waals surface area contributed by atoms with Crippen LogP contribution in [0, 0.1) is 6.92 Å². The van der Waals surface area contributed by atoms with Gasteiger partial charge in [0.25, 0.3) is 0 Å². The number of aromatic nitrogens is 2. The summed E-state index contributed by atoms with van der Waals surface area (Å²) in [7, 11) is -5.86. The first-order valence-electron chi connectivity index (χ1n) is 16.4. The first kappa shape index (κ1) is 33.0. The van der Waals surface area contributed by atoms with Crippen LogP contribution >= 0.6 is 0 Å². The fraction of sp³-hybridized carbons (Fsp3) is 0.0465. The number of aryl methyl sites for hydroxylation is 1. The van der Waals surface area contributed by atoms with Gasteiger partial charge in [0.2, 0.25) is 0 Å². The molecule has 6 aromatic carbocycles. The van der Waals surface area contributed by atoms with Gasteiger partial charge in [0.05, 0.1) is 16.7 Å². The molecule has 52 heavy (non-hydrogen) atoms. The number of hydrogen-bond donors (Lipinski definition) is 0. The van der Waals surface area contributed by atoms with Crippen molar-refractivity contribution >= 4 is 31.9 Å². The molecular weight excluding hydrogens is 682 g/mol. The average Bonchev–Trinajstić information content (AvgIpc) is 3.48. The van der Waals surface area contributed by atoms with Crippen molar-refractivity contribution in [1.29, 1.82) is 0 Å². The zero-order valence-corrected chi connectivity index (χ0v) is 28.5. The minimum absolute atomic E-state index is 0.430. The average molecular weight is 711 g/mol. The van der Waals surface area contributed by atoms with Crippen LogP contribution < -0.4 is 4.18 Å². The molecule has 2 aromatic heterocycles. The second-order valence-corrected chi connectivity index (χ2v) is 14.0. The number of para-hydroxylation sites is 2. The molecule has 9 heteroatoms. The Morgan fingerprint density at radius 2 is 1.23 bits per heavy atom. The third-order valence-corrected chi connectivity index (χ3v) is 10.0. The van der Waals surface area contributed by atoms with Crippen LogP contribution in [-0.2, 0) is 10.1 Å². The van der Waals surface area contributed by atoms with Crippen LogP contribution in [0.3, 0.4) is 0 Å². The summed E-state index contributed by atoms with van der Waals surface area (Å²) >= 11 is 0. The highest BCUT2D eigenvalue weighted by Crippen LogP contribution is 2.42. The molecule has 256 valence electrons. The molecule has 0 fully saturated rings. The predicted octanol–water partition coefficient (Wildman–Crippen LogP) is 11.4. The molecule has 0 aliphatic rings. The third-order valence-electron chi connectivity index (χ3n) is 9.04. The Labute approximate surface area is 298 Å². The summed E-state index contributed by atoms with van der Waals surface area (Å²) in [4.78, 5) is 4.88. The number of alkyl halides is 3. The molecule has 0 unspecified atom stereocenters. The first-order chi connectivity index (χ1) is 25.1. The van der Waals surface area contributed by atoms with Gasteiger partial charge in [-0.15, -0.1) is 0 Å². The van der Waals surface area contributed by atoms with Gasteiger partial charge in [0.1, 0.15) is 5.75 Å². The number of pyridine rings is 1. The lowest BCUT2D eigenvalue weighted by atomic mass is 9.89. The molecule has 0 saturated carbocycles. The summed E-state index contributed by atoms with van der Waals surface area (Å²) < 4.78 is 70.4. The number of benzene rings is 6. The molecule has 0 bridgehead atoms. The van der Waals surface area contributed by atoms with E-state index in [0.717, 1.165) is 61.0 Å². The SMILES string of the molecule is Cc1cc(OS(=O)(=O)C(F)(F)F)cc(-c2ccccc2-c2cnc(-c3ccccc3)cc2-c2ccc3c(c2)c2ccccc2n3-c2ccccc2)c1. The van der Waals surface area contributed by atoms with E-state index >= 15 is 0 Å². The van der Waals surface area contributed by atoms with Gasteiger partial charge in [-0.25, -0.2) is 0 Å². The minimum atomic E-state index is -5.86. The van der Waals surface area contributed by atoms with Crippen molar-refractivity contribution in [3.63, 3.8) is 0 Å². The van der Waals surface area contributed by atoms with Gasteiger partial charge in [-0.1, -0.05) is 103 Å². The first-order valence-corrected chi connectivity index (χ1v) is 17.8. The monoisotopic (exact) mass is 710 g/mol. The van der Waals surface area contributed by atoms with Crippen molar-refractivity contribution in [3.05, 3.63) is 163 Å². The zero-order valence-electron chi connectivity index (χ0n) is 27.7. The number of nitrogens with zero attached hydrogens (tertiary/aromatic N) is 2. The van der Waals surface area contributed by atoms with Gasteiger partial charge in [0.15, 0.2) is 0 Å². The highest BCUT2D eigenvalue weighted by molar-refractivity contribution is 7.88. The molecule has 5 nitrogen and oxygen atoms in total. The molecule has 0 N–H and O–H groups in total. The van der Waals surface area contributed by atoms with Crippen molar-refractivity contribution in [2.24, 2.45) is 0 Å². The molecular formula is C43H29F3N2O3S. The Bertz CT molecular complexity index is 2730. The van der Waals surface area contributed by atoms with Crippen molar-refractivity contribution in [2.45, 2.75) is 12.4 Å². The molecule has 0 spiro atoms. The van der Waals surface area contributed by atoms with Crippen LogP contribution in [0.4, 0.5) is 13.2 Å². The van der Waals surface area contributed by atoms with Gasteiger partial charge in [-0.05, 0) is 88.8 Å². The van der Waals surface area contributed by atoms with Crippen LogP contribution in [0.25, 0.3) is 72.1 Å². The highest BCUT2D eigenvalue weighted by atomic mass is 32.2. The predicted molar refractivity (Wildman–Crippen MR) is 201 cm³/mol. The van der Waals surface area contributed by atoms with Gasteiger partial charge in [-0.3, -0.25) is 4.98 Å². The lowest BCUT2D eigenvalue weighted by molar-refractivity contribution is -0.0500. The highest BCUT2D eigenvalue weighted by Gasteiger charge is 2.48. The molecule has 8 rings (SSSR count). The molecule has 0 amide bonds. The number of halogens is 3. The lowest BCUT2D eigenvalue weighted by Gasteiger charge is -2.17. The number of fused-ring (bicyclic) bond motifs is 3. The smallest absolute Gasteiger partial charge is 0.376 e. The second kappa shape index (κ2) is 12.9. The quantitative estimate of drug-likeness (QED) is 0.122. The van der Waals surface area contributed by atoms with Gasteiger partial charge < -0.3 is 8.75 Å². The van der Waals surface area contributed by atoms with Crippen LogP contribution in [-0.4, -0.2) is 23.5 Å². The van der Waals surface area contributed by atoms with Gasteiger partial charge in [0, 0.05) is 33.8 Å².